The van der Waals surface area contributed by atoms with E-state index in [0.29, 0.717) is 17.0 Å². The molecule has 1 aliphatic rings. The maximum atomic E-state index is 13.0. The van der Waals surface area contributed by atoms with Gasteiger partial charge in [-0.25, -0.2) is 8.42 Å². The maximum Gasteiger partial charge on any atom is 0.264 e. The van der Waals surface area contributed by atoms with Crippen LogP contribution in [0, 0.1) is 0 Å². The van der Waals surface area contributed by atoms with Crippen LogP contribution in [0.5, 0.6) is 5.75 Å². The molecule has 1 aliphatic carbocycles. The second-order valence-electron chi connectivity index (χ2n) is 7.36. The van der Waals surface area contributed by atoms with Crippen LogP contribution in [0.4, 0.5) is 5.69 Å². The number of benzene rings is 2. The fraction of sp³-hybridized carbons (Fsp3) is 0.409. The SMILES string of the molecule is COc1ccc(S(=O)(=O)N(C)c2cccc(C(=O)NC3CCCCCC3)c2)cc1. The van der Waals surface area contributed by atoms with Crippen molar-refractivity contribution in [3.05, 3.63) is 54.1 Å². The molecule has 1 amide bonds. The van der Waals surface area contributed by atoms with Crippen LogP contribution in [-0.4, -0.2) is 34.5 Å². The summed E-state index contributed by atoms with van der Waals surface area (Å²) in [5, 5.41) is 3.10. The van der Waals surface area contributed by atoms with Crippen molar-refractivity contribution in [2.45, 2.75) is 49.5 Å². The molecule has 0 saturated heterocycles. The highest BCUT2D eigenvalue weighted by molar-refractivity contribution is 7.92. The highest BCUT2D eigenvalue weighted by Gasteiger charge is 2.22. The van der Waals surface area contributed by atoms with E-state index in [0.717, 1.165) is 25.7 Å². The minimum Gasteiger partial charge on any atom is -0.497 e. The van der Waals surface area contributed by atoms with E-state index in [2.05, 4.69) is 5.32 Å². The fourth-order valence-corrected chi connectivity index (χ4v) is 4.77. The molecule has 3 rings (SSSR count). The molecule has 1 saturated carbocycles. The number of nitrogens with one attached hydrogen (secondary N) is 1. The Balaban J connectivity index is 1.77. The molecule has 0 aromatic heterocycles. The number of ether oxygens (including phenoxy) is 1. The third-order valence-corrected chi connectivity index (χ3v) is 7.18. The predicted molar refractivity (Wildman–Crippen MR) is 114 cm³/mol. The van der Waals surface area contributed by atoms with Crippen molar-refractivity contribution in [1.82, 2.24) is 5.32 Å². The van der Waals surface area contributed by atoms with Gasteiger partial charge in [-0.3, -0.25) is 9.10 Å². The van der Waals surface area contributed by atoms with Crippen LogP contribution in [0.2, 0.25) is 0 Å². The largest absolute Gasteiger partial charge is 0.497 e. The topological polar surface area (TPSA) is 75.7 Å². The fourth-order valence-electron chi connectivity index (χ4n) is 3.58. The average Bonchev–Trinajstić information content (AvgIpc) is 3.02. The number of anilines is 1. The summed E-state index contributed by atoms with van der Waals surface area (Å²) in [4.78, 5) is 12.9. The summed E-state index contributed by atoms with van der Waals surface area (Å²) in [6, 6.07) is 13.1. The van der Waals surface area contributed by atoms with Gasteiger partial charge in [-0.2, -0.15) is 0 Å². The van der Waals surface area contributed by atoms with Gasteiger partial charge in [0.15, 0.2) is 0 Å². The van der Waals surface area contributed by atoms with Gasteiger partial charge in [-0.15, -0.1) is 0 Å². The van der Waals surface area contributed by atoms with Gasteiger partial charge < -0.3 is 10.1 Å². The number of hydrogen-bond acceptors (Lipinski definition) is 4. The molecule has 0 radical (unpaired) electrons. The van der Waals surface area contributed by atoms with Gasteiger partial charge in [0.1, 0.15) is 5.75 Å². The molecule has 1 fully saturated rings. The normalized spacial score (nSPS) is 15.4. The summed E-state index contributed by atoms with van der Waals surface area (Å²) in [5.74, 6) is 0.428. The molecule has 0 heterocycles. The lowest BCUT2D eigenvalue weighted by atomic mass is 10.1. The zero-order valence-electron chi connectivity index (χ0n) is 16.9. The van der Waals surface area contributed by atoms with Crippen molar-refractivity contribution in [1.29, 1.82) is 0 Å². The lowest BCUT2D eigenvalue weighted by molar-refractivity contribution is 0.0933. The number of rotatable bonds is 6. The standard InChI is InChI=1S/C22H28N2O4S/c1-24(29(26,27)21-14-12-20(28-2)13-15-21)19-11-7-8-17(16-19)22(25)23-18-9-5-3-4-6-10-18/h7-8,11-16,18H,3-6,9-10H2,1-2H3,(H,23,25). The lowest BCUT2D eigenvalue weighted by Gasteiger charge is -2.21. The van der Waals surface area contributed by atoms with E-state index in [9.17, 15) is 13.2 Å². The molecule has 2 aromatic rings. The van der Waals surface area contributed by atoms with Gasteiger partial charge in [0.05, 0.1) is 17.7 Å². The van der Waals surface area contributed by atoms with E-state index >= 15 is 0 Å². The first-order valence-electron chi connectivity index (χ1n) is 9.96. The summed E-state index contributed by atoms with van der Waals surface area (Å²) in [6.45, 7) is 0. The monoisotopic (exact) mass is 416 g/mol. The van der Waals surface area contributed by atoms with E-state index < -0.39 is 10.0 Å². The van der Waals surface area contributed by atoms with Crippen LogP contribution in [0.1, 0.15) is 48.9 Å². The van der Waals surface area contributed by atoms with E-state index in [4.69, 9.17) is 4.74 Å². The van der Waals surface area contributed by atoms with Crippen LogP contribution in [0.3, 0.4) is 0 Å². The van der Waals surface area contributed by atoms with Gasteiger partial charge in [-0.05, 0) is 55.3 Å². The minimum atomic E-state index is -3.75. The molecule has 0 spiro atoms. The van der Waals surface area contributed by atoms with E-state index in [1.54, 1.807) is 36.4 Å². The Bertz CT molecular complexity index is 934. The molecule has 2 aromatic carbocycles. The van der Waals surface area contributed by atoms with Crippen LogP contribution in [0.15, 0.2) is 53.4 Å². The van der Waals surface area contributed by atoms with Crippen molar-refractivity contribution >= 4 is 21.6 Å². The molecular formula is C22H28N2O4S. The number of carbonyl (C=O) groups excluding carboxylic acids is 1. The summed E-state index contributed by atoms with van der Waals surface area (Å²) in [7, 11) is -0.728. The summed E-state index contributed by atoms with van der Waals surface area (Å²) in [5.41, 5.74) is 0.901. The number of hydrogen-bond donors (Lipinski definition) is 1. The third kappa shape index (κ3) is 5.09. The molecular weight excluding hydrogens is 388 g/mol. The van der Waals surface area contributed by atoms with Crippen LogP contribution in [-0.2, 0) is 10.0 Å². The number of carbonyl (C=O) groups is 1. The van der Waals surface area contributed by atoms with E-state index in [-0.39, 0.29) is 16.8 Å². The average molecular weight is 417 g/mol. The van der Waals surface area contributed by atoms with Gasteiger partial charge in [0.25, 0.3) is 15.9 Å². The molecule has 0 aliphatic heterocycles. The Hall–Kier alpha value is -2.54. The molecule has 1 N–H and O–H groups in total. The third-order valence-electron chi connectivity index (χ3n) is 5.38. The second-order valence-corrected chi connectivity index (χ2v) is 9.33. The summed E-state index contributed by atoms with van der Waals surface area (Å²) in [6.07, 6.45) is 6.70. The Kier molecular flexibility index (Phi) is 6.79. The van der Waals surface area contributed by atoms with Gasteiger partial charge in [0, 0.05) is 18.7 Å². The number of amides is 1. The van der Waals surface area contributed by atoms with Gasteiger partial charge in [0.2, 0.25) is 0 Å². The molecule has 0 unspecified atom stereocenters. The smallest absolute Gasteiger partial charge is 0.264 e. The first-order valence-corrected chi connectivity index (χ1v) is 11.4. The van der Waals surface area contributed by atoms with E-state index in [1.807, 2.05) is 0 Å². The molecule has 156 valence electrons. The number of nitrogens with zero attached hydrogens (tertiary/aromatic N) is 1. The highest BCUT2D eigenvalue weighted by Crippen LogP contribution is 2.25. The first-order chi connectivity index (χ1) is 13.9. The Labute approximate surface area is 172 Å². The zero-order valence-corrected chi connectivity index (χ0v) is 17.7. The number of sulfonamides is 1. The Morgan fingerprint density at radius 3 is 2.31 bits per heavy atom. The molecule has 29 heavy (non-hydrogen) atoms. The lowest BCUT2D eigenvalue weighted by Crippen LogP contribution is -2.34. The van der Waals surface area contributed by atoms with Gasteiger partial charge >= 0.3 is 0 Å². The Morgan fingerprint density at radius 1 is 1.03 bits per heavy atom. The van der Waals surface area contributed by atoms with Crippen molar-refractivity contribution in [2.24, 2.45) is 0 Å². The van der Waals surface area contributed by atoms with E-state index in [1.165, 1.54) is 43.4 Å². The van der Waals surface area contributed by atoms with Crippen molar-refractivity contribution in [3.8, 4) is 5.75 Å². The molecule has 0 atom stereocenters. The van der Waals surface area contributed by atoms with Crippen molar-refractivity contribution in [2.75, 3.05) is 18.5 Å². The number of methoxy groups -OCH3 is 1. The maximum absolute atomic E-state index is 13.0. The molecule has 7 heteroatoms. The Morgan fingerprint density at radius 2 is 1.69 bits per heavy atom. The quantitative estimate of drug-likeness (QED) is 0.723. The van der Waals surface area contributed by atoms with Crippen molar-refractivity contribution in [3.63, 3.8) is 0 Å². The summed E-state index contributed by atoms with van der Waals surface area (Å²) < 4.78 is 32.2. The predicted octanol–water partition coefficient (Wildman–Crippen LogP) is 3.97. The first kappa shape index (κ1) is 21.2. The van der Waals surface area contributed by atoms with Gasteiger partial charge in [-0.1, -0.05) is 31.7 Å². The van der Waals surface area contributed by atoms with Crippen molar-refractivity contribution < 1.29 is 17.9 Å². The summed E-state index contributed by atoms with van der Waals surface area (Å²) >= 11 is 0. The van der Waals surface area contributed by atoms with Crippen LogP contribution >= 0.6 is 0 Å². The molecule has 6 nitrogen and oxygen atoms in total. The van der Waals surface area contributed by atoms with Crippen LogP contribution < -0.4 is 14.4 Å². The minimum absolute atomic E-state index is 0.158. The zero-order chi connectivity index (χ0) is 20.9. The second kappa shape index (κ2) is 9.31. The highest BCUT2D eigenvalue weighted by atomic mass is 32.2. The van der Waals surface area contributed by atoms with Crippen LogP contribution in [0.25, 0.3) is 0 Å². The molecule has 0 bridgehead atoms.